The number of aryl methyl sites for hydroxylation is 1. The second-order valence-corrected chi connectivity index (χ2v) is 4.92. The van der Waals surface area contributed by atoms with Crippen LogP contribution in [-0.4, -0.2) is 16.3 Å². The van der Waals surface area contributed by atoms with Crippen LogP contribution in [0.5, 0.6) is 11.5 Å². The summed E-state index contributed by atoms with van der Waals surface area (Å²) in [6.07, 6.45) is 0.875. The standard InChI is InChI=1S/C16H19NO2/c1-11-9-14(5-8-16(11)19)17-12(2)10-13-3-6-15(18)7-4-13/h3-9,12,17-19H,10H2,1-2H3. The Morgan fingerprint density at radius 1 is 1.05 bits per heavy atom. The third-order valence-corrected chi connectivity index (χ3v) is 3.09. The average molecular weight is 257 g/mol. The number of phenolic OH excluding ortho intramolecular Hbond substituents is 2. The van der Waals surface area contributed by atoms with E-state index < -0.39 is 0 Å². The molecule has 2 rings (SSSR count). The van der Waals surface area contributed by atoms with Gasteiger partial charge in [-0.05, 0) is 61.7 Å². The van der Waals surface area contributed by atoms with Crippen molar-refractivity contribution >= 4 is 5.69 Å². The van der Waals surface area contributed by atoms with E-state index in [9.17, 15) is 10.2 Å². The number of rotatable bonds is 4. The largest absolute Gasteiger partial charge is 0.508 e. The van der Waals surface area contributed by atoms with Gasteiger partial charge in [0.25, 0.3) is 0 Å². The molecule has 0 aromatic heterocycles. The van der Waals surface area contributed by atoms with Crippen LogP contribution in [0.1, 0.15) is 18.1 Å². The molecule has 3 N–H and O–H groups in total. The highest BCUT2D eigenvalue weighted by Crippen LogP contribution is 2.21. The number of phenols is 2. The molecule has 1 unspecified atom stereocenters. The minimum absolute atomic E-state index is 0.272. The number of hydrogen-bond acceptors (Lipinski definition) is 3. The van der Waals surface area contributed by atoms with Gasteiger partial charge in [0.1, 0.15) is 11.5 Å². The Bertz CT molecular complexity index is 549. The lowest BCUT2D eigenvalue weighted by atomic mass is 10.1. The first-order valence-corrected chi connectivity index (χ1v) is 6.38. The molecular formula is C16H19NO2. The summed E-state index contributed by atoms with van der Waals surface area (Å²) in [5, 5.41) is 22.1. The van der Waals surface area contributed by atoms with Crippen molar-refractivity contribution in [2.24, 2.45) is 0 Å². The molecule has 0 aliphatic rings. The molecule has 100 valence electrons. The van der Waals surface area contributed by atoms with Crippen molar-refractivity contribution < 1.29 is 10.2 Å². The van der Waals surface area contributed by atoms with Gasteiger partial charge in [-0.25, -0.2) is 0 Å². The molecule has 0 heterocycles. The zero-order valence-corrected chi connectivity index (χ0v) is 11.2. The van der Waals surface area contributed by atoms with Crippen LogP contribution in [0.15, 0.2) is 42.5 Å². The van der Waals surface area contributed by atoms with Crippen LogP contribution >= 0.6 is 0 Å². The van der Waals surface area contributed by atoms with Crippen molar-refractivity contribution in [3.05, 3.63) is 53.6 Å². The van der Waals surface area contributed by atoms with Crippen molar-refractivity contribution in [2.45, 2.75) is 26.3 Å². The van der Waals surface area contributed by atoms with Gasteiger partial charge in [-0.3, -0.25) is 0 Å². The average Bonchev–Trinajstić information content (AvgIpc) is 2.37. The van der Waals surface area contributed by atoms with Gasteiger partial charge in [0.2, 0.25) is 0 Å². The minimum atomic E-state index is 0.272. The van der Waals surface area contributed by atoms with Crippen LogP contribution in [0.2, 0.25) is 0 Å². The van der Waals surface area contributed by atoms with Crippen molar-refractivity contribution in [3.63, 3.8) is 0 Å². The van der Waals surface area contributed by atoms with E-state index in [-0.39, 0.29) is 6.04 Å². The van der Waals surface area contributed by atoms with Gasteiger partial charge in [-0.2, -0.15) is 0 Å². The summed E-state index contributed by atoms with van der Waals surface area (Å²) in [5.74, 6) is 0.607. The van der Waals surface area contributed by atoms with E-state index in [0.29, 0.717) is 11.5 Å². The Kier molecular flexibility index (Phi) is 3.95. The van der Waals surface area contributed by atoms with Gasteiger partial charge in [0.05, 0.1) is 0 Å². The Morgan fingerprint density at radius 2 is 1.74 bits per heavy atom. The van der Waals surface area contributed by atoms with Crippen molar-refractivity contribution in [1.82, 2.24) is 0 Å². The maximum atomic E-state index is 9.49. The van der Waals surface area contributed by atoms with Crippen LogP contribution in [0.3, 0.4) is 0 Å². The molecular weight excluding hydrogens is 238 g/mol. The van der Waals surface area contributed by atoms with E-state index in [0.717, 1.165) is 17.7 Å². The first-order valence-electron chi connectivity index (χ1n) is 6.38. The number of benzene rings is 2. The molecule has 0 radical (unpaired) electrons. The van der Waals surface area contributed by atoms with Crippen LogP contribution in [0.4, 0.5) is 5.69 Å². The molecule has 2 aromatic carbocycles. The van der Waals surface area contributed by atoms with Crippen molar-refractivity contribution in [1.29, 1.82) is 0 Å². The highest BCUT2D eigenvalue weighted by atomic mass is 16.3. The Labute approximate surface area is 113 Å². The molecule has 0 bridgehead atoms. The predicted octanol–water partition coefficient (Wildman–Crippen LogP) is 3.45. The lowest BCUT2D eigenvalue weighted by molar-refractivity contribution is 0.471. The fourth-order valence-electron chi connectivity index (χ4n) is 2.07. The van der Waals surface area contributed by atoms with Crippen LogP contribution < -0.4 is 5.32 Å². The monoisotopic (exact) mass is 257 g/mol. The van der Waals surface area contributed by atoms with E-state index in [1.54, 1.807) is 18.2 Å². The highest BCUT2D eigenvalue weighted by Gasteiger charge is 2.05. The summed E-state index contributed by atoms with van der Waals surface area (Å²) in [6.45, 7) is 3.99. The summed E-state index contributed by atoms with van der Waals surface area (Å²) in [6, 6.07) is 13.0. The fourth-order valence-corrected chi connectivity index (χ4v) is 2.07. The van der Waals surface area contributed by atoms with E-state index >= 15 is 0 Å². The van der Waals surface area contributed by atoms with Crippen LogP contribution in [-0.2, 0) is 6.42 Å². The third-order valence-electron chi connectivity index (χ3n) is 3.09. The maximum absolute atomic E-state index is 9.49. The number of nitrogens with one attached hydrogen (secondary N) is 1. The van der Waals surface area contributed by atoms with Gasteiger partial charge in [0, 0.05) is 11.7 Å². The SMILES string of the molecule is Cc1cc(NC(C)Cc2ccc(O)cc2)ccc1O. The Hall–Kier alpha value is -2.16. The maximum Gasteiger partial charge on any atom is 0.118 e. The first-order chi connectivity index (χ1) is 9.04. The molecule has 0 fully saturated rings. The molecule has 0 aliphatic heterocycles. The van der Waals surface area contributed by atoms with Gasteiger partial charge in [-0.1, -0.05) is 12.1 Å². The number of aromatic hydroxyl groups is 2. The highest BCUT2D eigenvalue weighted by molar-refractivity contribution is 5.51. The van der Waals surface area contributed by atoms with E-state index in [1.165, 1.54) is 5.56 Å². The van der Waals surface area contributed by atoms with Crippen molar-refractivity contribution in [3.8, 4) is 11.5 Å². The molecule has 0 saturated carbocycles. The predicted molar refractivity (Wildman–Crippen MR) is 77.7 cm³/mol. The fraction of sp³-hybridized carbons (Fsp3) is 0.250. The summed E-state index contributed by atoms with van der Waals surface area (Å²) in [5.41, 5.74) is 3.04. The Balaban J connectivity index is 1.98. The molecule has 1 atom stereocenters. The summed E-state index contributed by atoms with van der Waals surface area (Å²) in [7, 11) is 0. The smallest absolute Gasteiger partial charge is 0.118 e. The molecule has 0 amide bonds. The molecule has 0 aliphatic carbocycles. The third kappa shape index (κ3) is 3.65. The number of anilines is 1. The molecule has 2 aromatic rings. The second-order valence-electron chi connectivity index (χ2n) is 4.92. The van der Waals surface area contributed by atoms with Gasteiger partial charge in [-0.15, -0.1) is 0 Å². The topological polar surface area (TPSA) is 52.5 Å². The van der Waals surface area contributed by atoms with Gasteiger partial charge >= 0.3 is 0 Å². The minimum Gasteiger partial charge on any atom is -0.508 e. The molecule has 19 heavy (non-hydrogen) atoms. The second kappa shape index (κ2) is 5.65. The molecule has 3 heteroatoms. The summed E-state index contributed by atoms with van der Waals surface area (Å²) < 4.78 is 0. The molecule has 3 nitrogen and oxygen atoms in total. The summed E-state index contributed by atoms with van der Waals surface area (Å²) in [4.78, 5) is 0. The lowest BCUT2D eigenvalue weighted by Gasteiger charge is -2.16. The van der Waals surface area contributed by atoms with Crippen LogP contribution in [0, 0.1) is 6.92 Å². The Morgan fingerprint density at radius 3 is 2.37 bits per heavy atom. The lowest BCUT2D eigenvalue weighted by Crippen LogP contribution is -2.18. The first kappa shape index (κ1) is 13.3. The van der Waals surface area contributed by atoms with E-state index in [1.807, 2.05) is 31.2 Å². The quantitative estimate of drug-likeness (QED) is 0.735. The van der Waals surface area contributed by atoms with E-state index in [4.69, 9.17) is 0 Å². The van der Waals surface area contributed by atoms with Crippen molar-refractivity contribution in [2.75, 3.05) is 5.32 Å². The molecule has 0 saturated heterocycles. The zero-order chi connectivity index (χ0) is 13.8. The number of hydrogen-bond donors (Lipinski definition) is 3. The molecule has 0 spiro atoms. The van der Waals surface area contributed by atoms with Crippen LogP contribution in [0.25, 0.3) is 0 Å². The van der Waals surface area contributed by atoms with Gasteiger partial charge < -0.3 is 15.5 Å². The summed E-state index contributed by atoms with van der Waals surface area (Å²) >= 11 is 0. The zero-order valence-electron chi connectivity index (χ0n) is 11.2. The normalized spacial score (nSPS) is 12.1. The van der Waals surface area contributed by atoms with Gasteiger partial charge in [0.15, 0.2) is 0 Å². The van der Waals surface area contributed by atoms with E-state index in [2.05, 4.69) is 12.2 Å².